The number of benzene rings is 1. The molecule has 2 heterocycles. The van der Waals surface area contributed by atoms with Gasteiger partial charge < -0.3 is 14.6 Å². The molecule has 1 N–H and O–H groups in total. The van der Waals surface area contributed by atoms with Crippen molar-refractivity contribution >= 4 is 24.0 Å². The summed E-state index contributed by atoms with van der Waals surface area (Å²) in [6.07, 6.45) is 2.37. The fourth-order valence-corrected chi connectivity index (χ4v) is 3.23. The Morgan fingerprint density at radius 2 is 2.08 bits per heavy atom. The van der Waals surface area contributed by atoms with Crippen LogP contribution in [0.4, 0.5) is 0 Å². The minimum absolute atomic E-state index is 0. The zero-order valence-electron chi connectivity index (χ0n) is 13.9. The summed E-state index contributed by atoms with van der Waals surface area (Å²) in [5, 5.41) is 8.08. The van der Waals surface area contributed by atoms with Crippen LogP contribution in [-0.4, -0.2) is 36.4 Å². The molecule has 2 aromatic rings. The van der Waals surface area contributed by atoms with E-state index in [0.717, 1.165) is 35.7 Å². The van der Waals surface area contributed by atoms with Gasteiger partial charge in [-0.2, -0.15) is 4.98 Å². The molecule has 1 unspecified atom stereocenters. The predicted molar refractivity (Wildman–Crippen MR) is 96.1 cm³/mol. The number of aromatic nitrogens is 2. The molecule has 1 aliphatic rings. The fourth-order valence-electron chi connectivity index (χ4n) is 3.04. The second-order valence-electron chi connectivity index (χ2n) is 6.11. The van der Waals surface area contributed by atoms with Gasteiger partial charge in [-0.05, 0) is 44.5 Å². The number of rotatable bonds is 5. The lowest BCUT2D eigenvalue weighted by Crippen LogP contribution is -2.35. The van der Waals surface area contributed by atoms with Crippen LogP contribution < -0.4 is 5.32 Å². The molecule has 1 aliphatic heterocycles. The maximum atomic E-state index is 6.20. The molecule has 0 aliphatic carbocycles. The second-order valence-corrected chi connectivity index (χ2v) is 6.55. The molecule has 0 amide bonds. The van der Waals surface area contributed by atoms with Gasteiger partial charge >= 0.3 is 0 Å². The number of nitrogens with one attached hydrogen (secondary N) is 1. The second kappa shape index (κ2) is 8.30. The normalized spacial score (nSPS) is 18.0. The van der Waals surface area contributed by atoms with E-state index in [-0.39, 0.29) is 17.8 Å². The van der Waals surface area contributed by atoms with Crippen molar-refractivity contribution in [2.75, 3.05) is 20.3 Å². The average Bonchev–Trinajstić information content (AvgIpc) is 3.04. The van der Waals surface area contributed by atoms with Crippen LogP contribution in [0.15, 0.2) is 28.8 Å². The topological polar surface area (TPSA) is 60.2 Å². The number of nitrogens with zero attached hydrogens (tertiary/aromatic N) is 2. The van der Waals surface area contributed by atoms with E-state index in [4.69, 9.17) is 20.9 Å². The standard InChI is InChI=1S/C17H22ClN3O2.ClH/c1-12(19-2)10-15-20-16(23-21-15)17(6-8-22-9-7-17)13-4-3-5-14(18)11-13;/h3-5,11-12,19H,6-10H2,1-2H3;1H. The van der Waals surface area contributed by atoms with Gasteiger partial charge in [0.2, 0.25) is 5.89 Å². The third-order valence-electron chi connectivity index (χ3n) is 4.58. The quantitative estimate of drug-likeness (QED) is 0.872. The minimum Gasteiger partial charge on any atom is -0.381 e. The van der Waals surface area contributed by atoms with Crippen LogP contribution in [0.3, 0.4) is 0 Å². The smallest absolute Gasteiger partial charge is 0.237 e. The Labute approximate surface area is 153 Å². The molecule has 132 valence electrons. The highest BCUT2D eigenvalue weighted by molar-refractivity contribution is 6.30. The summed E-state index contributed by atoms with van der Waals surface area (Å²) < 4.78 is 11.2. The first-order valence-corrected chi connectivity index (χ1v) is 8.36. The van der Waals surface area contributed by atoms with Crippen LogP contribution >= 0.6 is 24.0 Å². The van der Waals surface area contributed by atoms with Crippen LogP contribution in [-0.2, 0) is 16.6 Å². The Balaban J connectivity index is 0.00000208. The van der Waals surface area contributed by atoms with Crippen molar-refractivity contribution in [2.45, 2.75) is 37.6 Å². The molecule has 0 radical (unpaired) electrons. The summed E-state index contributed by atoms with van der Waals surface area (Å²) in [6.45, 7) is 3.45. The molecule has 0 bridgehead atoms. The highest BCUT2D eigenvalue weighted by atomic mass is 35.5. The Bertz CT molecular complexity index is 657. The van der Waals surface area contributed by atoms with Crippen molar-refractivity contribution in [1.29, 1.82) is 0 Å². The first-order valence-electron chi connectivity index (χ1n) is 7.98. The van der Waals surface area contributed by atoms with Gasteiger partial charge in [-0.15, -0.1) is 12.4 Å². The molecule has 1 fully saturated rings. The Morgan fingerprint density at radius 3 is 2.75 bits per heavy atom. The van der Waals surface area contributed by atoms with Crippen molar-refractivity contribution in [3.8, 4) is 0 Å². The zero-order chi connectivity index (χ0) is 16.3. The third kappa shape index (κ3) is 3.91. The van der Waals surface area contributed by atoms with E-state index in [1.54, 1.807) is 0 Å². The average molecular weight is 372 g/mol. The van der Waals surface area contributed by atoms with Crippen LogP contribution in [0, 0.1) is 0 Å². The van der Waals surface area contributed by atoms with Gasteiger partial charge in [-0.25, -0.2) is 0 Å². The SMILES string of the molecule is CNC(C)Cc1noc(C2(c3cccc(Cl)c3)CCOCC2)n1.Cl. The molecule has 1 aromatic heterocycles. The van der Waals surface area contributed by atoms with Crippen LogP contribution in [0.1, 0.15) is 37.0 Å². The zero-order valence-corrected chi connectivity index (χ0v) is 15.5. The van der Waals surface area contributed by atoms with Crippen LogP contribution in [0.2, 0.25) is 5.02 Å². The van der Waals surface area contributed by atoms with Crippen molar-refractivity contribution in [3.05, 3.63) is 46.6 Å². The molecule has 0 spiro atoms. The van der Waals surface area contributed by atoms with Crippen LogP contribution in [0.5, 0.6) is 0 Å². The van der Waals surface area contributed by atoms with E-state index in [0.29, 0.717) is 25.1 Å². The van der Waals surface area contributed by atoms with E-state index in [1.807, 2.05) is 25.2 Å². The number of halogens is 2. The number of ether oxygens (including phenoxy) is 1. The monoisotopic (exact) mass is 371 g/mol. The maximum Gasteiger partial charge on any atom is 0.237 e. The number of likely N-dealkylation sites (N-methyl/N-ethyl adjacent to an activating group) is 1. The van der Waals surface area contributed by atoms with Gasteiger partial charge in [-0.1, -0.05) is 28.9 Å². The van der Waals surface area contributed by atoms with Crippen molar-refractivity contribution < 1.29 is 9.26 Å². The lowest BCUT2D eigenvalue weighted by Gasteiger charge is -2.34. The van der Waals surface area contributed by atoms with Gasteiger partial charge in [0.05, 0.1) is 5.41 Å². The van der Waals surface area contributed by atoms with Crippen molar-refractivity contribution in [3.63, 3.8) is 0 Å². The van der Waals surface area contributed by atoms with E-state index < -0.39 is 0 Å². The summed E-state index contributed by atoms with van der Waals surface area (Å²) in [5.41, 5.74) is 0.808. The van der Waals surface area contributed by atoms with Gasteiger partial charge in [0.1, 0.15) is 0 Å². The molecule has 3 rings (SSSR count). The Morgan fingerprint density at radius 1 is 1.33 bits per heavy atom. The maximum absolute atomic E-state index is 6.20. The molecule has 1 saturated heterocycles. The van der Waals surface area contributed by atoms with Crippen molar-refractivity contribution in [2.24, 2.45) is 0 Å². The Hall–Kier alpha value is -1.14. The molecule has 1 atom stereocenters. The number of hydrogen-bond donors (Lipinski definition) is 1. The van der Waals surface area contributed by atoms with Gasteiger partial charge in [0.25, 0.3) is 0 Å². The Kier molecular flexibility index (Phi) is 6.63. The molecule has 7 heteroatoms. The first kappa shape index (κ1) is 19.2. The summed E-state index contributed by atoms with van der Waals surface area (Å²) in [6, 6.07) is 8.23. The first-order chi connectivity index (χ1) is 11.1. The fraction of sp³-hybridized carbons (Fsp3) is 0.529. The molecular weight excluding hydrogens is 349 g/mol. The van der Waals surface area contributed by atoms with E-state index >= 15 is 0 Å². The number of hydrogen-bond acceptors (Lipinski definition) is 5. The predicted octanol–water partition coefficient (Wildman–Crippen LogP) is 3.39. The molecule has 24 heavy (non-hydrogen) atoms. The molecule has 1 aromatic carbocycles. The minimum atomic E-state index is -0.308. The lowest BCUT2D eigenvalue weighted by atomic mass is 9.74. The highest BCUT2D eigenvalue weighted by Gasteiger charge is 2.41. The van der Waals surface area contributed by atoms with Crippen LogP contribution in [0.25, 0.3) is 0 Å². The third-order valence-corrected chi connectivity index (χ3v) is 4.82. The molecular formula is C17H23Cl2N3O2. The van der Waals surface area contributed by atoms with E-state index in [2.05, 4.69) is 28.4 Å². The largest absolute Gasteiger partial charge is 0.381 e. The van der Waals surface area contributed by atoms with Crippen molar-refractivity contribution in [1.82, 2.24) is 15.5 Å². The summed E-state index contributed by atoms with van der Waals surface area (Å²) in [4.78, 5) is 4.68. The van der Waals surface area contributed by atoms with E-state index in [9.17, 15) is 0 Å². The molecule has 5 nitrogen and oxygen atoms in total. The van der Waals surface area contributed by atoms with Gasteiger partial charge in [0.15, 0.2) is 5.82 Å². The molecule has 0 saturated carbocycles. The summed E-state index contributed by atoms with van der Waals surface area (Å²) >= 11 is 6.20. The highest BCUT2D eigenvalue weighted by Crippen LogP contribution is 2.41. The van der Waals surface area contributed by atoms with E-state index in [1.165, 1.54) is 0 Å². The summed E-state index contributed by atoms with van der Waals surface area (Å²) in [7, 11) is 1.93. The van der Waals surface area contributed by atoms with Gasteiger partial charge in [0, 0.05) is 30.7 Å². The lowest BCUT2D eigenvalue weighted by molar-refractivity contribution is 0.0523. The van der Waals surface area contributed by atoms with Gasteiger partial charge in [-0.3, -0.25) is 0 Å². The summed E-state index contributed by atoms with van der Waals surface area (Å²) in [5.74, 6) is 1.40.